The van der Waals surface area contributed by atoms with Gasteiger partial charge in [-0.15, -0.1) is 0 Å². The quantitative estimate of drug-likeness (QED) is 0.747. The summed E-state index contributed by atoms with van der Waals surface area (Å²) in [6, 6.07) is 0.0469. The van der Waals surface area contributed by atoms with E-state index >= 15 is 0 Å². The average Bonchev–Trinajstić information content (AvgIpc) is 2.77. The summed E-state index contributed by atoms with van der Waals surface area (Å²) >= 11 is 0. The molecule has 2 aliphatic rings. The number of carbonyl (C=O) groups excluding carboxylic acids is 1. The van der Waals surface area contributed by atoms with Crippen molar-refractivity contribution < 1.29 is 9.53 Å². The fourth-order valence-corrected chi connectivity index (χ4v) is 3.08. The van der Waals surface area contributed by atoms with Gasteiger partial charge in [-0.1, -0.05) is 13.8 Å². The Bertz CT molecular complexity index is 275. The summed E-state index contributed by atoms with van der Waals surface area (Å²) in [4.78, 5) is 12.1. The van der Waals surface area contributed by atoms with E-state index in [2.05, 4.69) is 13.8 Å². The van der Waals surface area contributed by atoms with Gasteiger partial charge in [-0.2, -0.15) is 0 Å². The van der Waals surface area contributed by atoms with Gasteiger partial charge in [0, 0.05) is 6.04 Å². The minimum absolute atomic E-state index is 0.00109. The Labute approximate surface area is 97.7 Å². The third-order valence-electron chi connectivity index (χ3n) is 4.49. The topological polar surface area (TPSA) is 52.3 Å². The summed E-state index contributed by atoms with van der Waals surface area (Å²) in [5, 5.41) is 0. The predicted molar refractivity (Wildman–Crippen MR) is 62.7 cm³/mol. The van der Waals surface area contributed by atoms with Crippen LogP contribution in [0.4, 0.5) is 0 Å². The molecule has 2 N–H and O–H groups in total. The van der Waals surface area contributed by atoms with Gasteiger partial charge in [0.1, 0.15) is 6.10 Å². The molecule has 0 aliphatic heterocycles. The first-order valence-corrected chi connectivity index (χ1v) is 6.46. The highest BCUT2D eigenvalue weighted by atomic mass is 16.5. The number of ether oxygens (including phenoxy) is 1. The van der Waals surface area contributed by atoms with Gasteiger partial charge in [-0.3, -0.25) is 4.79 Å². The molecular formula is C13H23NO2. The zero-order chi connectivity index (χ0) is 11.9. The second-order valence-corrected chi connectivity index (χ2v) is 5.82. The Hall–Kier alpha value is -0.570. The highest BCUT2D eigenvalue weighted by Crippen LogP contribution is 2.48. The van der Waals surface area contributed by atoms with Crippen LogP contribution in [0.1, 0.15) is 40.0 Å². The van der Waals surface area contributed by atoms with Gasteiger partial charge in [-0.25, -0.2) is 0 Å². The zero-order valence-electron chi connectivity index (χ0n) is 10.5. The number of carbonyl (C=O) groups is 1. The molecule has 3 heteroatoms. The van der Waals surface area contributed by atoms with Gasteiger partial charge in [0.25, 0.3) is 0 Å². The molecule has 0 heterocycles. The predicted octanol–water partition coefficient (Wildman–Crippen LogP) is 1.95. The first kappa shape index (κ1) is 11.9. The fraction of sp³-hybridized carbons (Fsp3) is 0.923. The van der Waals surface area contributed by atoms with Crippen molar-refractivity contribution >= 4 is 5.97 Å². The van der Waals surface area contributed by atoms with Crippen molar-refractivity contribution in [2.45, 2.75) is 52.2 Å². The maximum Gasteiger partial charge on any atom is 0.311 e. The molecule has 5 unspecified atom stereocenters. The normalized spacial score (nSPS) is 39.1. The second-order valence-electron chi connectivity index (χ2n) is 5.82. The third kappa shape index (κ3) is 1.97. The average molecular weight is 225 g/mol. The monoisotopic (exact) mass is 225 g/mol. The molecule has 0 aromatic heterocycles. The summed E-state index contributed by atoms with van der Waals surface area (Å²) in [7, 11) is 0. The fourth-order valence-electron chi connectivity index (χ4n) is 3.08. The van der Waals surface area contributed by atoms with Crippen LogP contribution >= 0.6 is 0 Å². The Morgan fingerprint density at radius 3 is 2.38 bits per heavy atom. The van der Waals surface area contributed by atoms with Crippen LogP contribution < -0.4 is 5.73 Å². The SMILES string of the molecule is CC(C)C(C)OC(=O)C1C2CCC(C2)C1N. The minimum Gasteiger partial charge on any atom is -0.462 e. The standard InChI is InChI=1S/C13H23NO2/c1-7(2)8(3)16-13(15)11-9-4-5-10(6-9)12(11)14/h7-12H,4-6,14H2,1-3H3. The van der Waals surface area contributed by atoms with E-state index in [0.717, 1.165) is 12.8 Å². The van der Waals surface area contributed by atoms with E-state index in [1.807, 2.05) is 6.92 Å². The highest BCUT2D eigenvalue weighted by molar-refractivity contribution is 5.74. The summed E-state index contributed by atoms with van der Waals surface area (Å²) in [6.45, 7) is 6.10. The maximum absolute atomic E-state index is 12.1. The summed E-state index contributed by atoms with van der Waals surface area (Å²) in [6.07, 6.45) is 3.50. The van der Waals surface area contributed by atoms with Crippen LogP contribution in [0.3, 0.4) is 0 Å². The largest absolute Gasteiger partial charge is 0.462 e. The van der Waals surface area contributed by atoms with E-state index in [1.54, 1.807) is 0 Å². The molecule has 0 spiro atoms. The van der Waals surface area contributed by atoms with Crippen molar-refractivity contribution in [3.63, 3.8) is 0 Å². The summed E-state index contributed by atoms with van der Waals surface area (Å²) in [5.41, 5.74) is 6.12. The number of rotatable bonds is 3. The summed E-state index contributed by atoms with van der Waals surface area (Å²) < 4.78 is 5.50. The van der Waals surface area contributed by atoms with Gasteiger partial charge in [-0.05, 0) is 43.9 Å². The Kier molecular flexibility index (Phi) is 3.24. The molecule has 2 bridgehead atoms. The van der Waals surface area contributed by atoms with Gasteiger partial charge in [0.2, 0.25) is 0 Å². The Morgan fingerprint density at radius 1 is 1.25 bits per heavy atom. The van der Waals surface area contributed by atoms with Crippen molar-refractivity contribution in [3.05, 3.63) is 0 Å². The number of hydrogen-bond acceptors (Lipinski definition) is 3. The molecule has 2 fully saturated rings. The van der Waals surface area contributed by atoms with E-state index in [4.69, 9.17) is 10.5 Å². The number of esters is 1. The van der Waals surface area contributed by atoms with Gasteiger partial charge < -0.3 is 10.5 Å². The molecule has 2 saturated carbocycles. The molecule has 2 aliphatic carbocycles. The van der Waals surface area contributed by atoms with E-state index < -0.39 is 0 Å². The molecule has 0 radical (unpaired) electrons. The molecule has 0 saturated heterocycles. The van der Waals surface area contributed by atoms with E-state index in [-0.39, 0.29) is 24.0 Å². The molecule has 92 valence electrons. The number of hydrogen-bond donors (Lipinski definition) is 1. The number of fused-ring (bicyclic) bond motifs is 2. The van der Waals surface area contributed by atoms with Gasteiger partial charge >= 0.3 is 5.97 Å². The lowest BCUT2D eigenvalue weighted by Gasteiger charge is -2.28. The van der Waals surface area contributed by atoms with Crippen molar-refractivity contribution in [3.8, 4) is 0 Å². The lowest BCUT2D eigenvalue weighted by atomic mass is 9.85. The first-order chi connectivity index (χ1) is 7.50. The molecule has 0 aromatic carbocycles. The lowest BCUT2D eigenvalue weighted by Crippen LogP contribution is -2.42. The van der Waals surface area contributed by atoms with E-state index in [0.29, 0.717) is 17.8 Å². The zero-order valence-corrected chi connectivity index (χ0v) is 10.5. The number of nitrogens with two attached hydrogens (primary N) is 1. The third-order valence-corrected chi connectivity index (χ3v) is 4.49. The van der Waals surface area contributed by atoms with Crippen molar-refractivity contribution in [1.29, 1.82) is 0 Å². The molecule has 5 atom stereocenters. The molecule has 16 heavy (non-hydrogen) atoms. The van der Waals surface area contributed by atoms with Crippen LogP contribution in [0.5, 0.6) is 0 Å². The Morgan fingerprint density at radius 2 is 1.88 bits per heavy atom. The van der Waals surface area contributed by atoms with Crippen molar-refractivity contribution in [1.82, 2.24) is 0 Å². The molecule has 3 nitrogen and oxygen atoms in total. The van der Waals surface area contributed by atoms with Crippen LogP contribution in [0, 0.1) is 23.7 Å². The van der Waals surface area contributed by atoms with E-state index in [1.165, 1.54) is 6.42 Å². The summed E-state index contributed by atoms with van der Waals surface area (Å²) in [5.74, 6) is 1.35. The molecule has 2 rings (SSSR count). The minimum atomic E-state index is -0.0547. The van der Waals surface area contributed by atoms with Gasteiger partial charge in [0.05, 0.1) is 5.92 Å². The second kappa shape index (κ2) is 4.36. The van der Waals surface area contributed by atoms with E-state index in [9.17, 15) is 4.79 Å². The van der Waals surface area contributed by atoms with Crippen LogP contribution in [-0.4, -0.2) is 18.1 Å². The van der Waals surface area contributed by atoms with Crippen LogP contribution in [0.25, 0.3) is 0 Å². The molecule has 0 aromatic rings. The maximum atomic E-state index is 12.1. The smallest absolute Gasteiger partial charge is 0.311 e. The first-order valence-electron chi connectivity index (χ1n) is 6.46. The van der Waals surface area contributed by atoms with Crippen LogP contribution in [0.15, 0.2) is 0 Å². The lowest BCUT2D eigenvalue weighted by molar-refractivity contribution is -0.157. The highest BCUT2D eigenvalue weighted by Gasteiger charge is 2.50. The molecule has 0 amide bonds. The van der Waals surface area contributed by atoms with Crippen LogP contribution in [-0.2, 0) is 9.53 Å². The van der Waals surface area contributed by atoms with Crippen molar-refractivity contribution in [2.24, 2.45) is 29.4 Å². The molecular weight excluding hydrogens is 202 g/mol. The van der Waals surface area contributed by atoms with Gasteiger partial charge in [0.15, 0.2) is 0 Å². The van der Waals surface area contributed by atoms with Crippen molar-refractivity contribution in [2.75, 3.05) is 0 Å². The Balaban J connectivity index is 1.95. The van der Waals surface area contributed by atoms with Crippen LogP contribution in [0.2, 0.25) is 0 Å².